The smallest absolute Gasteiger partial charge is 0.361 e. The van der Waals surface area contributed by atoms with Crippen molar-refractivity contribution >= 4 is 22.3 Å². The number of aromatic amines is 1. The van der Waals surface area contributed by atoms with Gasteiger partial charge in [-0.15, -0.1) is 0 Å². The molecule has 7 heteroatoms. The number of aromatic nitrogens is 2. The fourth-order valence-electron chi connectivity index (χ4n) is 3.76. The van der Waals surface area contributed by atoms with Crippen molar-refractivity contribution in [3.05, 3.63) is 77.4 Å². The second-order valence-electron chi connectivity index (χ2n) is 7.15. The van der Waals surface area contributed by atoms with Gasteiger partial charge in [0, 0.05) is 36.4 Å². The maximum Gasteiger partial charge on any atom is 0.417 e. The van der Waals surface area contributed by atoms with Gasteiger partial charge in [-0.2, -0.15) is 13.2 Å². The van der Waals surface area contributed by atoms with Crippen LogP contribution in [0.1, 0.15) is 24.5 Å². The van der Waals surface area contributed by atoms with Crippen molar-refractivity contribution in [2.45, 2.75) is 19.5 Å². The first-order valence-electron chi connectivity index (χ1n) is 9.18. The molecule has 1 aromatic carbocycles. The average molecular weight is 401 g/mol. The molecule has 0 aliphatic carbocycles. The fraction of sp³-hybridized carbons (Fsp3) is 0.227. The van der Waals surface area contributed by atoms with Gasteiger partial charge in [-0.25, -0.2) is 9.37 Å². The summed E-state index contributed by atoms with van der Waals surface area (Å²) in [6.07, 6.45) is -1.49. The van der Waals surface area contributed by atoms with Gasteiger partial charge in [0.1, 0.15) is 0 Å². The van der Waals surface area contributed by atoms with E-state index < -0.39 is 17.6 Å². The molecule has 0 bridgehead atoms. The Bertz CT molecular complexity index is 1120. The largest absolute Gasteiger partial charge is 0.417 e. The molecular formula is C22H19F4N3. The van der Waals surface area contributed by atoms with Crippen LogP contribution in [0.25, 0.3) is 16.5 Å². The normalized spacial score (nSPS) is 17.1. The molecule has 1 saturated heterocycles. The Balaban J connectivity index is 1.71. The van der Waals surface area contributed by atoms with Crippen LogP contribution in [0.5, 0.6) is 0 Å². The molecule has 4 rings (SSSR count). The molecular weight excluding hydrogens is 382 g/mol. The van der Waals surface area contributed by atoms with Crippen molar-refractivity contribution in [3.63, 3.8) is 0 Å². The molecule has 150 valence electrons. The van der Waals surface area contributed by atoms with Crippen LogP contribution in [0, 0.1) is 5.82 Å². The van der Waals surface area contributed by atoms with Gasteiger partial charge in [0.2, 0.25) is 0 Å². The van der Waals surface area contributed by atoms with Gasteiger partial charge >= 0.3 is 6.18 Å². The number of hydrogen-bond acceptors (Lipinski definition) is 2. The Kier molecular flexibility index (Phi) is 4.68. The first-order valence-corrected chi connectivity index (χ1v) is 9.18. The van der Waals surface area contributed by atoms with E-state index >= 15 is 0 Å². The van der Waals surface area contributed by atoms with E-state index in [9.17, 15) is 17.6 Å². The van der Waals surface area contributed by atoms with Gasteiger partial charge < -0.3 is 9.88 Å². The third-order valence-electron chi connectivity index (χ3n) is 5.36. The molecule has 0 saturated carbocycles. The lowest BCUT2D eigenvalue weighted by Gasteiger charge is -2.32. The monoisotopic (exact) mass is 401 g/mol. The number of pyridine rings is 1. The molecule has 1 N–H and O–H groups in total. The predicted octanol–water partition coefficient (Wildman–Crippen LogP) is 5.96. The number of alkyl halides is 3. The number of nitrogens with zero attached hydrogens (tertiary/aromatic N) is 2. The number of allylic oxidation sites excluding steroid dienone is 1. The van der Waals surface area contributed by atoms with E-state index in [1.807, 2.05) is 37.4 Å². The number of nitrogens with one attached hydrogen (secondary N) is 1. The Morgan fingerprint density at radius 3 is 2.76 bits per heavy atom. The summed E-state index contributed by atoms with van der Waals surface area (Å²) in [4.78, 5) is 8.62. The zero-order valence-corrected chi connectivity index (χ0v) is 15.8. The molecule has 29 heavy (non-hydrogen) atoms. The number of rotatable bonds is 2. The number of hydrogen-bond donors (Lipinski definition) is 1. The lowest BCUT2D eigenvalue weighted by atomic mass is 9.90. The molecule has 0 atom stereocenters. The number of benzene rings is 1. The van der Waals surface area contributed by atoms with Crippen LogP contribution < -0.4 is 4.90 Å². The SMILES string of the molecule is C=C1CCN(c2ncc(C(F)(F)F)cc2F)C/C1=C(/C)c1cccc2[nH]ccc12. The Labute approximate surface area is 165 Å². The van der Waals surface area contributed by atoms with Crippen LogP contribution in [0.4, 0.5) is 23.4 Å². The summed E-state index contributed by atoms with van der Waals surface area (Å²) in [7, 11) is 0. The number of anilines is 1. The van der Waals surface area contributed by atoms with E-state index in [4.69, 9.17) is 0 Å². The van der Waals surface area contributed by atoms with E-state index in [2.05, 4.69) is 16.5 Å². The van der Waals surface area contributed by atoms with E-state index in [-0.39, 0.29) is 5.82 Å². The van der Waals surface area contributed by atoms with E-state index in [1.54, 1.807) is 4.90 Å². The second kappa shape index (κ2) is 7.06. The Morgan fingerprint density at radius 1 is 1.24 bits per heavy atom. The van der Waals surface area contributed by atoms with Crippen molar-refractivity contribution < 1.29 is 17.6 Å². The zero-order chi connectivity index (χ0) is 20.8. The minimum Gasteiger partial charge on any atom is -0.361 e. The average Bonchev–Trinajstić information content (AvgIpc) is 3.16. The first kappa shape index (κ1) is 19.2. The summed E-state index contributed by atoms with van der Waals surface area (Å²) in [6.45, 7) is 6.92. The molecule has 1 fully saturated rings. The maximum atomic E-state index is 14.4. The van der Waals surface area contributed by atoms with Crippen molar-refractivity contribution in [2.75, 3.05) is 18.0 Å². The van der Waals surface area contributed by atoms with Gasteiger partial charge in [-0.1, -0.05) is 18.7 Å². The van der Waals surface area contributed by atoms with E-state index in [0.717, 1.165) is 33.2 Å². The Hall–Kier alpha value is -3.09. The molecule has 0 unspecified atom stereocenters. The number of H-pyrrole nitrogens is 1. The summed E-state index contributed by atoms with van der Waals surface area (Å²) in [5, 5.41) is 1.07. The third-order valence-corrected chi connectivity index (χ3v) is 5.36. The topological polar surface area (TPSA) is 31.9 Å². The highest BCUT2D eigenvalue weighted by atomic mass is 19.4. The summed E-state index contributed by atoms with van der Waals surface area (Å²) in [5.74, 6) is -1.05. The number of fused-ring (bicyclic) bond motifs is 1. The molecule has 2 aromatic heterocycles. The quantitative estimate of drug-likeness (QED) is 0.537. The highest BCUT2D eigenvalue weighted by Crippen LogP contribution is 2.35. The molecule has 0 amide bonds. The van der Waals surface area contributed by atoms with Crippen LogP contribution in [0.15, 0.2) is 60.5 Å². The van der Waals surface area contributed by atoms with Crippen molar-refractivity contribution in [1.29, 1.82) is 0 Å². The van der Waals surface area contributed by atoms with Crippen molar-refractivity contribution in [2.24, 2.45) is 0 Å². The summed E-state index contributed by atoms with van der Waals surface area (Å²) >= 11 is 0. The number of halogens is 4. The highest BCUT2D eigenvalue weighted by molar-refractivity contribution is 5.93. The molecule has 3 nitrogen and oxygen atoms in total. The molecule has 1 aliphatic rings. The standard InChI is InChI=1S/C22H19F4N3/c1-13-7-9-29(21-19(23)10-15(11-28-21)22(24,25)26)12-18(13)14(2)16-4-3-5-20-17(16)6-8-27-20/h3-6,8,10-11,27H,1,7,9,12H2,2H3/b18-14+. The third kappa shape index (κ3) is 3.52. The zero-order valence-electron chi connectivity index (χ0n) is 15.8. The molecule has 0 radical (unpaired) electrons. The van der Waals surface area contributed by atoms with Gasteiger partial charge in [0.15, 0.2) is 11.6 Å². The van der Waals surface area contributed by atoms with Gasteiger partial charge in [0.05, 0.1) is 5.56 Å². The van der Waals surface area contributed by atoms with Crippen LogP contribution in [0.2, 0.25) is 0 Å². The lowest BCUT2D eigenvalue weighted by Crippen LogP contribution is -2.34. The van der Waals surface area contributed by atoms with Crippen molar-refractivity contribution in [1.82, 2.24) is 9.97 Å². The first-order chi connectivity index (χ1) is 13.8. The van der Waals surface area contributed by atoms with Gasteiger partial charge in [-0.3, -0.25) is 0 Å². The summed E-state index contributed by atoms with van der Waals surface area (Å²) < 4.78 is 52.9. The minimum atomic E-state index is -4.63. The predicted molar refractivity (Wildman–Crippen MR) is 106 cm³/mol. The molecule has 1 aliphatic heterocycles. The lowest BCUT2D eigenvalue weighted by molar-refractivity contribution is -0.138. The van der Waals surface area contributed by atoms with Gasteiger partial charge in [0.25, 0.3) is 0 Å². The fourth-order valence-corrected chi connectivity index (χ4v) is 3.76. The summed E-state index contributed by atoms with van der Waals surface area (Å²) in [5.41, 5.74) is 3.87. The van der Waals surface area contributed by atoms with E-state index in [1.165, 1.54) is 0 Å². The summed E-state index contributed by atoms with van der Waals surface area (Å²) in [6, 6.07) is 8.46. The van der Waals surface area contributed by atoms with Crippen molar-refractivity contribution in [3.8, 4) is 0 Å². The second-order valence-corrected chi connectivity index (χ2v) is 7.15. The Morgan fingerprint density at radius 2 is 2.03 bits per heavy atom. The van der Waals surface area contributed by atoms with Crippen LogP contribution in [-0.2, 0) is 6.18 Å². The molecule has 0 spiro atoms. The number of piperidine rings is 1. The van der Waals surface area contributed by atoms with Gasteiger partial charge in [-0.05, 0) is 53.8 Å². The highest BCUT2D eigenvalue weighted by Gasteiger charge is 2.33. The molecule has 3 aromatic rings. The van der Waals surface area contributed by atoms with E-state index in [0.29, 0.717) is 31.8 Å². The maximum absolute atomic E-state index is 14.4. The van der Waals surface area contributed by atoms with Crippen LogP contribution >= 0.6 is 0 Å². The van der Waals surface area contributed by atoms with Crippen LogP contribution in [0.3, 0.4) is 0 Å². The van der Waals surface area contributed by atoms with Crippen LogP contribution in [-0.4, -0.2) is 23.1 Å². The molecule has 3 heterocycles. The minimum absolute atomic E-state index is 0.0735.